The summed E-state index contributed by atoms with van der Waals surface area (Å²) in [6.07, 6.45) is -0.913. The van der Waals surface area contributed by atoms with Crippen LogP contribution in [0.3, 0.4) is 0 Å². The largest absolute Gasteiger partial charge is 0.465 e. The average Bonchev–Trinajstić information content (AvgIpc) is 2.15. The molecule has 0 fully saturated rings. The van der Waals surface area contributed by atoms with Crippen molar-refractivity contribution in [3.63, 3.8) is 0 Å². The molecule has 0 saturated carbocycles. The van der Waals surface area contributed by atoms with E-state index in [1.165, 1.54) is 4.90 Å². The van der Waals surface area contributed by atoms with Crippen molar-refractivity contribution in [2.45, 2.75) is 20.8 Å². The first-order chi connectivity index (χ1) is 7.88. The van der Waals surface area contributed by atoms with Crippen LogP contribution >= 0.6 is 0 Å². The van der Waals surface area contributed by atoms with Gasteiger partial charge in [-0.1, -0.05) is 0 Å². The van der Waals surface area contributed by atoms with Crippen LogP contribution < -0.4 is 9.80 Å². The van der Waals surface area contributed by atoms with Crippen molar-refractivity contribution in [3.8, 4) is 0 Å². The molecule has 1 amide bonds. The summed E-state index contributed by atoms with van der Waals surface area (Å²) in [5.74, 6) is 0. The molecular weight excluding hydrogens is 216 g/mol. The molecule has 4 nitrogen and oxygen atoms in total. The molecule has 0 spiro atoms. The third kappa shape index (κ3) is 2.70. The van der Waals surface area contributed by atoms with E-state index in [0.29, 0.717) is 6.54 Å². The molecule has 0 aliphatic heterocycles. The summed E-state index contributed by atoms with van der Waals surface area (Å²) in [6, 6.07) is 3.83. The fourth-order valence-corrected chi connectivity index (χ4v) is 2.22. The number of benzene rings is 1. The minimum absolute atomic E-state index is 0.454. The lowest BCUT2D eigenvalue weighted by atomic mass is 10.1. The van der Waals surface area contributed by atoms with Crippen LogP contribution in [-0.2, 0) is 0 Å². The van der Waals surface area contributed by atoms with Crippen molar-refractivity contribution in [3.05, 3.63) is 23.3 Å². The molecular formula is C13H20N2O2. The molecule has 1 aromatic rings. The standard InChI is InChI=1S/C13H20N2O2/c1-6-15(13(16)17)11-7-9(2)12(14(4)5)10(3)8-11/h7-8H,6H2,1-5H3,(H,16,17). The minimum atomic E-state index is -0.913. The molecule has 1 N–H and O–H groups in total. The van der Waals surface area contributed by atoms with Gasteiger partial charge >= 0.3 is 6.09 Å². The molecule has 0 unspecified atom stereocenters. The third-order valence-corrected chi connectivity index (χ3v) is 2.78. The zero-order valence-corrected chi connectivity index (χ0v) is 11.1. The van der Waals surface area contributed by atoms with E-state index in [9.17, 15) is 4.79 Å². The maximum absolute atomic E-state index is 11.1. The van der Waals surface area contributed by atoms with Gasteiger partial charge < -0.3 is 10.0 Å². The van der Waals surface area contributed by atoms with Crippen molar-refractivity contribution in [1.82, 2.24) is 0 Å². The quantitative estimate of drug-likeness (QED) is 0.877. The molecule has 94 valence electrons. The van der Waals surface area contributed by atoms with Crippen molar-refractivity contribution in [2.75, 3.05) is 30.4 Å². The van der Waals surface area contributed by atoms with Gasteiger partial charge in [0.05, 0.1) is 0 Å². The fourth-order valence-electron chi connectivity index (χ4n) is 2.22. The van der Waals surface area contributed by atoms with E-state index in [4.69, 9.17) is 5.11 Å². The van der Waals surface area contributed by atoms with Gasteiger partial charge in [0.25, 0.3) is 0 Å². The number of hydrogen-bond acceptors (Lipinski definition) is 2. The van der Waals surface area contributed by atoms with Crippen molar-refractivity contribution in [2.24, 2.45) is 0 Å². The van der Waals surface area contributed by atoms with E-state index in [0.717, 1.165) is 22.5 Å². The first-order valence-electron chi connectivity index (χ1n) is 5.67. The SMILES string of the molecule is CCN(C(=O)O)c1cc(C)c(N(C)C)c(C)c1. The van der Waals surface area contributed by atoms with E-state index in [2.05, 4.69) is 0 Å². The average molecular weight is 236 g/mol. The number of rotatable bonds is 3. The summed E-state index contributed by atoms with van der Waals surface area (Å²) in [4.78, 5) is 14.5. The number of carbonyl (C=O) groups is 1. The molecule has 0 heterocycles. The normalized spacial score (nSPS) is 10.2. The van der Waals surface area contributed by atoms with Gasteiger partial charge in [0.2, 0.25) is 0 Å². The predicted octanol–water partition coefficient (Wildman–Crippen LogP) is 2.87. The van der Waals surface area contributed by atoms with Gasteiger partial charge in [0.1, 0.15) is 0 Å². The zero-order chi connectivity index (χ0) is 13.2. The Morgan fingerprint density at radius 1 is 1.24 bits per heavy atom. The van der Waals surface area contributed by atoms with Gasteiger partial charge in [-0.25, -0.2) is 4.79 Å². The van der Waals surface area contributed by atoms with Crippen LogP contribution in [0.4, 0.5) is 16.2 Å². The Kier molecular flexibility index (Phi) is 3.99. The van der Waals surface area contributed by atoms with Crippen molar-refractivity contribution in [1.29, 1.82) is 0 Å². The summed E-state index contributed by atoms with van der Waals surface area (Å²) in [5.41, 5.74) is 4.06. The van der Waals surface area contributed by atoms with Crippen LogP contribution in [0.15, 0.2) is 12.1 Å². The molecule has 17 heavy (non-hydrogen) atoms. The van der Waals surface area contributed by atoms with E-state index in [1.54, 1.807) is 0 Å². The number of hydrogen-bond donors (Lipinski definition) is 1. The first-order valence-corrected chi connectivity index (χ1v) is 5.67. The van der Waals surface area contributed by atoms with Crippen molar-refractivity contribution >= 4 is 17.5 Å². The summed E-state index contributed by atoms with van der Waals surface area (Å²) in [7, 11) is 3.98. The van der Waals surface area contributed by atoms with Gasteiger partial charge in [0.15, 0.2) is 0 Å². The molecule has 0 aromatic heterocycles. The van der Waals surface area contributed by atoms with Crippen molar-refractivity contribution < 1.29 is 9.90 Å². The van der Waals surface area contributed by atoms with Gasteiger partial charge in [-0.2, -0.15) is 0 Å². The van der Waals surface area contributed by atoms with Crippen LogP contribution in [-0.4, -0.2) is 31.8 Å². The fraction of sp³-hybridized carbons (Fsp3) is 0.462. The maximum atomic E-state index is 11.1. The molecule has 1 aromatic carbocycles. The monoisotopic (exact) mass is 236 g/mol. The molecule has 0 radical (unpaired) electrons. The van der Waals surface area contributed by atoms with E-state index in [1.807, 2.05) is 51.9 Å². The summed E-state index contributed by atoms with van der Waals surface area (Å²) < 4.78 is 0. The molecule has 0 aliphatic carbocycles. The molecule has 0 aliphatic rings. The maximum Gasteiger partial charge on any atom is 0.411 e. The van der Waals surface area contributed by atoms with Gasteiger partial charge in [-0.3, -0.25) is 4.90 Å². The molecule has 0 atom stereocenters. The second-order valence-electron chi connectivity index (χ2n) is 4.35. The summed E-state index contributed by atoms with van der Waals surface area (Å²) >= 11 is 0. The molecule has 0 saturated heterocycles. The molecule has 1 rings (SSSR count). The van der Waals surface area contributed by atoms with Crippen LogP contribution in [0.1, 0.15) is 18.1 Å². The number of nitrogens with zero attached hydrogens (tertiary/aromatic N) is 2. The van der Waals surface area contributed by atoms with Crippen LogP contribution in [0, 0.1) is 13.8 Å². The Morgan fingerprint density at radius 2 is 1.71 bits per heavy atom. The molecule has 0 bridgehead atoms. The first kappa shape index (κ1) is 13.4. The van der Waals surface area contributed by atoms with E-state index < -0.39 is 6.09 Å². The smallest absolute Gasteiger partial charge is 0.411 e. The highest BCUT2D eigenvalue weighted by Crippen LogP contribution is 2.28. The summed E-state index contributed by atoms with van der Waals surface area (Å²) in [6.45, 7) is 6.29. The predicted molar refractivity (Wildman–Crippen MR) is 71.3 cm³/mol. The Labute approximate surface area is 102 Å². The Balaban J connectivity index is 3.26. The second-order valence-corrected chi connectivity index (χ2v) is 4.35. The highest BCUT2D eigenvalue weighted by atomic mass is 16.4. The highest BCUT2D eigenvalue weighted by Gasteiger charge is 2.15. The van der Waals surface area contributed by atoms with E-state index in [-0.39, 0.29) is 0 Å². The van der Waals surface area contributed by atoms with Crippen LogP contribution in [0.2, 0.25) is 0 Å². The number of carboxylic acid groups (broad SMARTS) is 1. The Bertz CT molecular complexity index is 404. The van der Waals surface area contributed by atoms with E-state index >= 15 is 0 Å². The topological polar surface area (TPSA) is 43.8 Å². The van der Waals surface area contributed by atoms with Crippen LogP contribution in [0.25, 0.3) is 0 Å². The lowest BCUT2D eigenvalue weighted by Gasteiger charge is -2.23. The Hall–Kier alpha value is -1.71. The minimum Gasteiger partial charge on any atom is -0.465 e. The van der Waals surface area contributed by atoms with Crippen LogP contribution in [0.5, 0.6) is 0 Å². The number of anilines is 2. The number of aryl methyl sites for hydroxylation is 2. The lowest BCUT2D eigenvalue weighted by Crippen LogP contribution is -2.29. The second kappa shape index (κ2) is 5.08. The summed E-state index contributed by atoms with van der Waals surface area (Å²) in [5, 5.41) is 9.10. The van der Waals surface area contributed by atoms with Gasteiger partial charge in [-0.15, -0.1) is 0 Å². The van der Waals surface area contributed by atoms with Gasteiger partial charge in [0, 0.05) is 32.0 Å². The number of amides is 1. The zero-order valence-electron chi connectivity index (χ0n) is 11.1. The van der Waals surface area contributed by atoms with Gasteiger partial charge in [-0.05, 0) is 44.0 Å². The third-order valence-electron chi connectivity index (χ3n) is 2.78. The Morgan fingerprint density at radius 3 is 2.00 bits per heavy atom. The highest BCUT2D eigenvalue weighted by molar-refractivity contribution is 5.87. The molecule has 4 heteroatoms. The lowest BCUT2D eigenvalue weighted by molar-refractivity contribution is 0.202.